The highest BCUT2D eigenvalue weighted by Crippen LogP contribution is 2.13. The Hall–Kier alpha value is -0.820. The Kier molecular flexibility index (Phi) is 8.78. The van der Waals surface area contributed by atoms with Gasteiger partial charge in [-0.25, -0.2) is 0 Å². The quantitative estimate of drug-likeness (QED) is 0.323. The molecule has 2 rings (SSSR count). The topological polar surface area (TPSA) is 53.6 Å². The van der Waals surface area contributed by atoms with E-state index in [1.54, 1.807) is 0 Å². The molecule has 124 valence electrons. The summed E-state index contributed by atoms with van der Waals surface area (Å²) >= 11 is 0. The van der Waals surface area contributed by atoms with Crippen molar-refractivity contribution in [3.8, 4) is 0 Å². The van der Waals surface area contributed by atoms with Crippen LogP contribution in [-0.2, 0) is 0 Å². The van der Waals surface area contributed by atoms with E-state index in [0.717, 1.165) is 18.7 Å². The molecule has 3 N–H and O–H groups in total. The minimum atomic E-state index is 0. The molecule has 4 nitrogen and oxygen atoms in total. The van der Waals surface area contributed by atoms with Crippen LogP contribution in [0.3, 0.4) is 0 Å². The fourth-order valence-electron chi connectivity index (χ4n) is 2.89. The van der Waals surface area contributed by atoms with Crippen molar-refractivity contribution in [1.82, 2.24) is 4.90 Å². The summed E-state index contributed by atoms with van der Waals surface area (Å²) in [6, 6.07) is 6.32. The molecule has 22 heavy (non-hydrogen) atoms. The number of nitrogens with two attached hydrogens (primary N) is 1. The Morgan fingerprint density at radius 1 is 1.14 bits per heavy atom. The largest absolute Gasteiger partial charge is 0.370 e. The number of anilines is 1. The van der Waals surface area contributed by atoms with E-state index >= 15 is 0 Å². The molecular weight excluding hydrogens is 387 g/mol. The zero-order chi connectivity index (χ0) is 15.1. The van der Waals surface area contributed by atoms with E-state index in [4.69, 9.17) is 5.73 Å². The van der Waals surface area contributed by atoms with Gasteiger partial charge in [0.1, 0.15) is 0 Å². The van der Waals surface area contributed by atoms with E-state index in [-0.39, 0.29) is 24.0 Å². The summed E-state index contributed by atoms with van der Waals surface area (Å²) in [5, 5.41) is 3.17. The fourth-order valence-corrected chi connectivity index (χ4v) is 2.89. The molecule has 0 aromatic heterocycles. The number of halogens is 1. The minimum Gasteiger partial charge on any atom is -0.370 e. The number of guanidine groups is 1. The third kappa shape index (κ3) is 6.96. The number of nitrogens with one attached hydrogen (secondary N) is 1. The Bertz CT molecular complexity index is 461. The van der Waals surface area contributed by atoms with Gasteiger partial charge in [-0.1, -0.05) is 6.07 Å². The third-order valence-corrected chi connectivity index (χ3v) is 3.86. The van der Waals surface area contributed by atoms with Crippen molar-refractivity contribution < 1.29 is 0 Å². The molecule has 1 saturated heterocycles. The lowest BCUT2D eigenvalue weighted by Crippen LogP contribution is -2.23. The molecule has 1 aromatic carbocycles. The molecule has 0 saturated carbocycles. The lowest BCUT2D eigenvalue weighted by molar-refractivity contribution is 0.331. The van der Waals surface area contributed by atoms with E-state index in [2.05, 4.69) is 47.3 Å². The van der Waals surface area contributed by atoms with Gasteiger partial charge in [0.15, 0.2) is 5.96 Å². The van der Waals surface area contributed by atoms with E-state index < -0.39 is 0 Å². The van der Waals surface area contributed by atoms with Gasteiger partial charge in [0.2, 0.25) is 0 Å². The van der Waals surface area contributed by atoms with Crippen LogP contribution in [0.2, 0.25) is 0 Å². The van der Waals surface area contributed by atoms with Gasteiger partial charge in [0.25, 0.3) is 0 Å². The predicted molar refractivity (Wildman–Crippen MR) is 106 cm³/mol. The number of hydrogen-bond donors (Lipinski definition) is 2. The first-order chi connectivity index (χ1) is 10.1. The number of rotatable bonds is 6. The smallest absolute Gasteiger partial charge is 0.193 e. The SMILES string of the molecule is Cc1cc(C)cc(NC(N)=NCCCCN2CCCC2)c1.I. The predicted octanol–water partition coefficient (Wildman–Crippen LogP) is 3.52. The summed E-state index contributed by atoms with van der Waals surface area (Å²) in [5.41, 5.74) is 9.42. The lowest BCUT2D eigenvalue weighted by atomic mass is 10.1. The highest BCUT2D eigenvalue weighted by Gasteiger charge is 2.09. The number of aryl methyl sites for hydroxylation is 2. The van der Waals surface area contributed by atoms with Crippen LogP contribution in [0.25, 0.3) is 0 Å². The van der Waals surface area contributed by atoms with Crippen molar-refractivity contribution in [3.05, 3.63) is 29.3 Å². The van der Waals surface area contributed by atoms with E-state index in [1.807, 2.05) is 0 Å². The Morgan fingerprint density at radius 3 is 2.41 bits per heavy atom. The summed E-state index contributed by atoms with van der Waals surface area (Å²) in [5.74, 6) is 0.515. The molecule has 0 unspecified atom stereocenters. The maximum atomic E-state index is 5.94. The molecule has 1 fully saturated rings. The van der Waals surface area contributed by atoms with Crippen LogP contribution in [0.15, 0.2) is 23.2 Å². The highest BCUT2D eigenvalue weighted by atomic mass is 127. The van der Waals surface area contributed by atoms with Crippen molar-refractivity contribution in [2.45, 2.75) is 39.5 Å². The number of unbranched alkanes of at least 4 members (excludes halogenated alkanes) is 1. The van der Waals surface area contributed by atoms with Gasteiger partial charge >= 0.3 is 0 Å². The van der Waals surface area contributed by atoms with E-state index in [0.29, 0.717) is 5.96 Å². The van der Waals surface area contributed by atoms with Crippen molar-refractivity contribution in [2.24, 2.45) is 10.7 Å². The third-order valence-electron chi connectivity index (χ3n) is 3.86. The summed E-state index contributed by atoms with van der Waals surface area (Å²) in [4.78, 5) is 6.95. The van der Waals surface area contributed by atoms with Gasteiger partial charge in [0, 0.05) is 12.2 Å². The number of benzene rings is 1. The molecule has 0 atom stereocenters. The normalized spacial score (nSPS) is 15.6. The van der Waals surface area contributed by atoms with Crippen LogP contribution in [0.5, 0.6) is 0 Å². The molecule has 1 aliphatic rings. The Morgan fingerprint density at radius 2 is 1.77 bits per heavy atom. The van der Waals surface area contributed by atoms with Crippen LogP contribution >= 0.6 is 24.0 Å². The summed E-state index contributed by atoms with van der Waals surface area (Å²) in [6.45, 7) is 8.74. The van der Waals surface area contributed by atoms with Crippen molar-refractivity contribution >= 4 is 35.6 Å². The van der Waals surface area contributed by atoms with Crippen LogP contribution < -0.4 is 11.1 Å². The zero-order valence-corrected chi connectivity index (χ0v) is 16.1. The molecule has 0 bridgehead atoms. The van der Waals surface area contributed by atoms with E-state index in [9.17, 15) is 0 Å². The molecule has 5 heteroatoms. The summed E-state index contributed by atoms with van der Waals surface area (Å²) < 4.78 is 0. The first-order valence-electron chi connectivity index (χ1n) is 8.01. The number of aliphatic imine (C=N–C) groups is 1. The molecule has 1 aromatic rings. The Labute approximate surface area is 151 Å². The van der Waals surface area contributed by atoms with Gasteiger partial charge in [-0.3, -0.25) is 4.99 Å². The van der Waals surface area contributed by atoms with Gasteiger partial charge in [-0.05, 0) is 82.4 Å². The molecule has 0 aliphatic carbocycles. The maximum Gasteiger partial charge on any atom is 0.193 e. The summed E-state index contributed by atoms with van der Waals surface area (Å²) in [6.07, 6.45) is 5.04. The van der Waals surface area contributed by atoms with Gasteiger partial charge in [-0.15, -0.1) is 24.0 Å². The number of hydrogen-bond acceptors (Lipinski definition) is 2. The average molecular weight is 416 g/mol. The van der Waals surface area contributed by atoms with Crippen molar-refractivity contribution in [2.75, 3.05) is 31.5 Å². The first kappa shape index (κ1) is 19.2. The van der Waals surface area contributed by atoms with Crippen molar-refractivity contribution in [3.63, 3.8) is 0 Å². The molecule has 1 aliphatic heterocycles. The molecule has 0 radical (unpaired) electrons. The lowest BCUT2D eigenvalue weighted by Gasteiger charge is -2.13. The van der Waals surface area contributed by atoms with Crippen LogP contribution in [0.4, 0.5) is 5.69 Å². The molecular formula is C17H29IN4. The fraction of sp³-hybridized carbons (Fsp3) is 0.588. The minimum absolute atomic E-state index is 0. The molecule has 0 spiro atoms. The van der Waals surface area contributed by atoms with Gasteiger partial charge in [0.05, 0.1) is 0 Å². The second-order valence-electron chi connectivity index (χ2n) is 6.02. The number of nitrogens with zero attached hydrogens (tertiary/aromatic N) is 2. The van der Waals surface area contributed by atoms with E-state index in [1.165, 1.54) is 50.0 Å². The van der Waals surface area contributed by atoms with Crippen LogP contribution in [-0.4, -0.2) is 37.0 Å². The molecule has 0 amide bonds. The first-order valence-corrected chi connectivity index (χ1v) is 8.01. The maximum absolute atomic E-state index is 5.94. The Balaban J connectivity index is 0.00000242. The van der Waals surface area contributed by atoms with Crippen LogP contribution in [0, 0.1) is 13.8 Å². The zero-order valence-electron chi connectivity index (χ0n) is 13.8. The standard InChI is InChI=1S/C17H28N4.HI/c1-14-11-15(2)13-16(12-14)20-17(18)19-7-3-4-8-21-9-5-6-10-21;/h11-13H,3-10H2,1-2H3,(H3,18,19,20);1H. The van der Waals surface area contributed by atoms with Gasteiger partial charge < -0.3 is 16.0 Å². The highest BCUT2D eigenvalue weighted by molar-refractivity contribution is 14.0. The van der Waals surface area contributed by atoms with Crippen molar-refractivity contribution in [1.29, 1.82) is 0 Å². The van der Waals surface area contributed by atoms with Crippen LogP contribution in [0.1, 0.15) is 36.8 Å². The second kappa shape index (κ2) is 10.0. The summed E-state index contributed by atoms with van der Waals surface area (Å²) in [7, 11) is 0. The number of likely N-dealkylation sites (tertiary alicyclic amines) is 1. The molecule has 1 heterocycles. The second-order valence-corrected chi connectivity index (χ2v) is 6.02. The van der Waals surface area contributed by atoms with Gasteiger partial charge in [-0.2, -0.15) is 0 Å². The monoisotopic (exact) mass is 416 g/mol. The average Bonchev–Trinajstić information content (AvgIpc) is 2.90.